The van der Waals surface area contributed by atoms with Crippen molar-refractivity contribution < 1.29 is 4.79 Å². The zero-order valence-corrected chi connectivity index (χ0v) is 14.4. The number of hydrogen-bond donors (Lipinski definition) is 0. The average molecular weight is 329 g/mol. The smallest absolute Gasteiger partial charge is 0.150 e. The summed E-state index contributed by atoms with van der Waals surface area (Å²) < 4.78 is 2.52. The lowest BCUT2D eigenvalue weighted by molar-refractivity contribution is 0.112. The van der Waals surface area contributed by atoms with E-state index in [0.717, 1.165) is 30.5 Å². The van der Waals surface area contributed by atoms with Gasteiger partial charge in [0.2, 0.25) is 0 Å². The summed E-state index contributed by atoms with van der Waals surface area (Å²) in [7, 11) is 0. The third-order valence-electron chi connectivity index (χ3n) is 3.65. The molecule has 0 aromatic heterocycles. The van der Waals surface area contributed by atoms with Gasteiger partial charge in [-0.2, -0.15) is 0 Å². The molecule has 0 atom stereocenters. The predicted octanol–water partition coefficient (Wildman–Crippen LogP) is 5.29. The van der Waals surface area contributed by atoms with Gasteiger partial charge in [-0.25, -0.2) is 0 Å². The first-order valence-corrected chi connectivity index (χ1v) is 8.95. The van der Waals surface area contributed by atoms with Crippen LogP contribution in [0, 0.1) is 0 Å². The van der Waals surface area contributed by atoms with Crippen molar-refractivity contribution in [3.05, 3.63) is 54.1 Å². The number of nitrogens with zero attached hydrogens (tertiary/aromatic N) is 1. The van der Waals surface area contributed by atoms with E-state index in [1.165, 1.54) is 9.79 Å². The second kappa shape index (κ2) is 6.39. The van der Waals surface area contributed by atoms with E-state index < -0.39 is 0 Å². The first-order chi connectivity index (χ1) is 10.6. The maximum Gasteiger partial charge on any atom is 0.150 e. The molecule has 2 aromatic rings. The Kier molecular flexibility index (Phi) is 4.50. The highest BCUT2D eigenvalue weighted by Crippen LogP contribution is 2.46. The maximum atomic E-state index is 11.1. The number of fused-ring (bicyclic) bond motifs is 1. The molecular formula is C18H19NOS2. The molecule has 3 rings (SSSR count). The Balaban J connectivity index is 1.98. The van der Waals surface area contributed by atoms with Crippen molar-refractivity contribution in [2.75, 3.05) is 10.8 Å². The zero-order chi connectivity index (χ0) is 15.6. The van der Waals surface area contributed by atoms with E-state index >= 15 is 0 Å². The molecule has 0 bridgehead atoms. The molecule has 0 saturated heterocycles. The monoisotopic (exact) mass is 329 g/mol. The molecule has 1 aliphatic rings. The van der Waals surface area contributed by atoms with Gasteiger partial charge in [0.1, 0.15) is 6.29 Å². The summed E-state index contributed by atoms with van der Waals surface area (Å²) in [6, 6.07) is 16.4. The second-order valence-electron chi connectivity index (χ2n) is 5.96. The Morgan fingerprint density at radius 2 is 1.95 bits per heavy atom. The van der Waals surface area contributed by atoms with Crippen molar-refractivity contribution in [1.29, 1.82) is 0 Å². The standard InChI is InChI=1S/C18H19NOS2/c1-18(2)10-11-19(22-15-6-4-3-5-7-15)16-12-14(13-20)8-9-17(16)21-18/h3-9,12-13H,10-11H2,1-2H3. The SMILES string of the molecule is CC1(C)CCN(Sc2ccccc2)c2cc(C=O)ccc2S1. The molecule has 22 heavy (non-hydrogen) atoms. The number of rotatable bonds is 3. The topological polar surface area (TPSA) is 20.3 Å². The third kappa shape index (κ3) is 3.50. The minimum atomic E-state index is 0.198. The Hall–Kier alpha value is -1.39. The van der Waals surface area contributed by atoms with E-state index in [9.17, 15) is 4.79 Å². The Morgan fingerprint density at radius 1 is 1.18 bits per heavy atom. The van der Waals surface area contributed by atoms with Crippen molar-refractivity contribution >= 4 is 35.7 Å². The lowest BCUT2D eigenvalue weighted by Crippen LogP contribution is -2.21. The van der Waals surface area contributed by atoms with Crippen LogP contribution in [0.15, 0.2) is 58.3 Å². The highest BCUT2D eigenvalue weighted by Gasteiger charge is 2.28. The molecule has 0 fully saturated rings. The van der Waals surface area contributed by atoms with Crippen LogP contribution in [0.3, 0.4) is 0 Å². The van der Waals surface area contributed by atoms with Crippen LogP contribution in [0.4, 0.5) is 5.69 Å². The molecule has 1 heterocycles. The molecule has 2 aromatic carbocycles. The lowest BCUT2D eigenvalue weighted by atomic mass is 10.1. The summed E-state index contributed by atoms with van der Waals surface area (Å²) >= 11 is 3.64. The van der Waals surface area contributed by atoms with E-state index in [2.05, 4.69) is 48.5 Å². The van der Waals surface area contributed by atoms with Crippen LogP contribution in [0.2, 0.25) is 0 Å². The lowest BCUT2D eigenvalue weighted by Gasteiger charge is -2.24. The van der Waals surface area contributed by atoms with Gasteiger partial charge < -0.3 is 4.31 Å². The molecule has 0 spiro atoms. The Labute approximate surface area is 140 Å². The summed E-state index contributed by atoms with van der Waals surface area (Å²) in [5.74, 6) is 0. The zero-order valence-electron chi connectivity index (χ0n) is 12.8. The van der Waals surface area contributed by atoms with Crippen LogP contribution in [0.1, 0.15) is 30.6 Å². The number of benzene rings is 2. The van der Waals surface area contributed by atoms with Gasteiger partial charge in [-0.15, -0.1) is 11.8 Å². The largest absolute Gasteiger partial charge is 0.311 e. The molecule has 114 valence electrons. The van der Waals surface area contributed by atoms with Gasteiger partial charge in [-0.1, -0.05) is 38.1 Å². The van der Waals surface area contributed by atoms with Crippen LogP contribution in [-0.2, 0) is 0 Å². The van der Waals surface area contributed by atoms with Gasteiger partial charge in [0, 0.05) is 26.6 Å². The molecule has 1 aliphatic heterocycles. The van der Waals surface area contributed by atoms with Crippen molar-refractivity contribution in [3.63, 3.8) is 0 Å². The number of hydrogen-bond acceptors (Lipinski definition) is 4. The molecule has 4 heteroatoms. The van der Waals surface area contributed by atoms with Crippen LogP contribution < -0.4 is 4.31 Å². The molecule has 2 nitrogen and oxygen atoms in total. The Morgan fingerprint density at radius 3 is 2.68 bits per heavy atom. The molecule has 0 radical (unpaired) electrons. The van der Waals surface area contributed by atoms with Crippen LogP contribution in [0.5, 0.6) is 0 Å². The number of aldehydes is 1. The summed E-state index contributed by atoms with van der Waals surface area (Å²) in [5.41, 5.74) is 1.88. The van der Waals surface area contributed by atoms with Gasteiger partial charge in [0.15, 0.2) is 0 Å². The predicted molar refractivity (Wildman–Crippen MR) is 96.0 cm³/mol. The number of carbonyl (C=O) groups is 1. The van der Waals surface area contributed by atoms with Gasteiger partial charge in [-0.3, -0.25) is 4.79 Å². The third-order valence-corrected chi connectivity index (χ3v) is 6.05. The van der Waals surface area contributed by atoms with Gasteiger partial charge in [-0.05, 0) is 42.6 Å². The fourth-order valence-electron chi connectivity index (χ4n) is 2.43. The fraction of sp³-hybridized carbons (Fsp3) is 0.278. The normalized spacial score (nSPS) is 16.7. The molecule has 0 unspecified atom stereocenters. The minimum Gasteiger partial charge on any atom is -0.311 e. The number of thioether (sulfide) groups is 1. The van der Waals surface area contributed by atoms with E-state index in [0.29, 0.717) is 0 Å². The van der Waals surface area contributed by atoms with Crippen LogP contribution in [0.25, 0.3) is 0 Å². The van der Waals surface area contributed by atoms with E-state index in [4.69, 9.17) is 0 Å². The maximum absolute atomic E-state index is 11.1. The molecular weight excluding hydrogens is 310 g/mol. The van der Waals surface area contributed by atoms with E-state index in [-0.39, 0.29) is 4.75 Å². The molecule has 0 amide bonds. The summed E-state index contributed by atoms with van der Waals surface area (Å²) in [5, 5.41) is 0. The minimum absolute atomic E-state index is 0.198. The van der Waals surface area contributed by atoms with Crippen LogP contribution >= 0.6 is 23.7 Å². The van der Waals surface area contributed by atoms with Crippen molar-refractivity contribution in [2.24, 2.45) is 0 Å². The molecule has 0 N–H and O–H groups in total. The number of anilines is 1. The van der Waals surface area contributed by atoms with Gasteiger partial charge in [0.05, 0.1) is 5.69 Å². The van der Waals surface area contributed by atoms with Crippen molar-refractivity contribution in [1.82, 2.24) is 0 Å². The number of carbonyl (C=O) groups excluding carboxylic acids is 1. The summed E-state index contributed by atoms with van der Waals surface area (Å²) in [6.07, 6.45) is 2.02. The average Bonchev–Trinajstić information content (AvgIpc) is 2.64. The summed E-state index contributed by atoms with van der Waals surface area (Å²) in [4.78, 5) is 13.6. The van der Waals surface area contributed by atoms with Crippen LogP contribution in [-0.4, -0.2) is 17.6 Å². The molecule has 0 aliphatic carbocycles. The summed E-state index contributed by atoms with van der Waals surface area (Å²) in [6.45, 7) is 5.53. The van der Waals surface area contributed by atoms with Crippen molar-refractivity contribution in [2.45, 2.75) is 34.8 Å². The highest BCUT2D eigenvalue weighted by molar-refractivity contribution is 8.02. The second-order valence-corrected chi connectivity index (χ2v) is 8.81. The van der Waals surface area contributed by atoms with E-state index in [1.807, 2.05) is 30.0 Å². The first-order valence-electron chi connectivity index (χ1n) is 7.36. The Bertz CT molecular complexity index is 670. The van der Waals surface area contributed by atoms with E-state index in [1.54, 1.807) is 11.9 Å². The van der Waals surface area contributed by atoms with Gasteiger partial charge in [0.25, 0.3) is 0 Å². The van der Waals surface area contributed by atoms with Crippen molar-refractivity contribution in [3.8, 4) is 0 Å². The first kappa shape index (κ1) is 15.5. The van der Waals surface area contributed by atoms with Gasteiger partial charge >= 0.3 is 0 Å². The fourth-order valence-corrected chi connectivity index (χ4v) is 4.65. The highest BCUT2D eigenvalue weighted by atomic mass is 32.2. The molecule has 0 saturated carbocycles. The quantitative estimate of drug-likeness (QED) is 0.563.